The van der Waals surface area contributed by atoms with Crippen molar-refractivity contribution in [3.05, 3.63) is 34.3 Å². The van der Waals surface area contributed by atoms with Gasteiger partial charge in [0.15, 0.2) is 0 Å². The zero-order valence-electron chi connectivity index (χ0n) is 8.44. The summed E-state index contributed by atoms with van der Waals surface area (Å²) in [6.07, 6.45) is -2.49. The summed E-state index contributed by atoms with van der Waals surface area (Å²) in [4.78, 5) is 0. The molecule has 0 aromatic heterocycles. The van der Waals surface area contributed by atoms with Gasteiger partial charge in [0.1, 0.15) is 0 Å². The maximum atomic E-state index is 12.6. The van der Waals surface area contributed by atoms with Crippen LogP contribution in [0, 0.1) is 0 Å². The lowest BCUT2D eigenvalue weighted by Crippen LogP contribution is -2.14. The molecule has 1 atom stereocenters. The first-order valence-corrected chi connectivity index (χ1v) is 5.46. The molecule has 1 N–H and O–H groups in total. The lowest BCUT2D eigenvalue weighted by molar-refractivity contribution is -0.137. The van der Waals surface area contributed by atoms with Gasteiger partial charge >= 0.3 is 6.18 Å². The molecule has 16 heavy (non-hydrogen) atoms. The molecule has 1 aromatic rings. The van der Waals surface area contributed by atoms with Gasteiger partial charge in [-0.25, -0.2) is 0 Å². The van der Waals surface area contributed by atoms with Crippen LogP contribution in [0.1, 0.15) is 30.0 Å². The summed E-state index contributed by atoms with van der Waals surface area (Å²) in [6, 6.07) is 3.73. The highest BCUT2D eigenvalue weighted by molar-refractivity contribution is 6.30. The van der Waals surface area contributed by atoms with Gasteiger partial charge in [-0.15, -0.1) is 0 Å². The third kappa shape index (κ3) is 2.50. The molecule has 1 fully saturated rings. The SMILES string of the molecule is FC(F)(F)c1cc(Cl)cc([C@@H]2CCCN2)c1. The van der Waals surface area contributed by atoms with Crippen molar-refractivity contribution in [2.45, 2.75) is 25.1 Å². The van der Waals surface area contributed by atoms with Crippen LogP contribution in [0.25, 0.3) is 0 Å². The summed E-state index contributed by atoms with van der Waals surface area (Å²) in [5.74, 6) is 0. The van der Waals surface area contributed by atoms with E-state index in [2.05, 4.69) is 5.32 Å². The van der Waals surface area contributed by atoms with Crippen LogP contribution in [0.15, 0.2) is 18.2 Å². The molecule has 0 aliphatic carbocycles. The quantitative estimate of drug-likeness (QED) is 0.799. The number of hydrogen-bond acceptors (Lipinski definition) is 1. The van der Waals surface area contributed by atoms with Gasteiger partial charge in [-0.05, 0) is 43.1 Å². The molecule has 0 radical (unpaired) electrons. The number of nitrogens with one attached hydrogen (secondary N) is 1. The molecule has 0 bridgehead atoms. The van der Waals surface area contributed by atoms with Gasteiger partial charge in [0.05, 0.1) is 5.56 Å². The Kier molecular flexibility index (Phi) is 3.13. The molecule has 0 unspecified atom stereocenters. The van der Waals surface area contributed by atoms with Crippen molar-refractivity contribution in [3.8, 4) is 0 Å². The third-order valence-electron chi connectivity index (χ3n) is 2.71. The molecular weight excluding hydrogens is 239 g/mol. The molecule has 1 saturated heterocycles. The summed E-state index contributed by atoms with van der Waals surface area (Å²) in [7, 11) is 0. The van der Waals surface area contributed by atoms with Crippen molar-refractivity contribution < 1.29 is 13.2 Å². The van der Waals surface area contributed by atoms with E-state index < -0.39 is 11.7 Å². The summed E-state index contributed by atoms with van der Waals surface area (Å²) in [5, 5.41) is 3.29. The van der Waals surface area contributed by atoms with E-state index in [0.717, 1.165) is 25.5 Å². The van der Waals surface area contributed by atoms with Gasteiger partial charge in [0.25, 0.3) is 0 Å². The molecule has 5 heteroatoms. The minimum atomic E-state index is -4.34. The molecular formula is C11H11ClF3N. The Morgan fingerprint density at radius 1 is 1.25 bits per heavy atom. The fraction of sp³-hybridized carbons (Fsp3) is 0.455. The van der Waals surface area contributed by atoms with Crippen LogP contribution in [0.5, 0.6) is 0 Å². The highest BCUT2D eigenvalue weighted by Crippen LogP contribution is 2.34. The van der Waals surface area contributed by atoms with Gasteiger partial charge in [0, 0.05) is 11.1 Å². The molecule has 2 rings (SSSR count). The van der Waals surface area contributed by atoms with E-state index >= 15 is 0 Å². The van der Waals surface area contributed by atoms with Crippen molar-refractivity contribution in [3.63, 3.8) is 0 Å². The predicted octanol–water partition coefficient (Wildman–Crippen LogP) is 3.78. The van der Waals surface area contributed by atoms with E-state index in [1.807, 2.05) is 0 Å². The van der Waals surface area contributed by atoms with E-state index in [9.17, 15) is 13.2 Å². The van der Waals surface area contributed by atoms with Gasteiger partial charge in [-0.2, -0.15) is 13.2 Å². The maximum Gasteiger partial charge on any atom is 0.416 e. The largest absolute Gasteiger partial charge is 0.416 e. The van der Waals surface area contributed by atoms with Gasteiger partial charge < -0.3 is 5.32 Å². The molecule has 1 aromatic carbocycles. The van der Waals surface area contributed by atoms with E-state index in [4.69, 9.17) is 11.6 Å². The minimum absolute atomic E-state index is 0.000185. The van der Waals surface area contributed by atoms with Crippen LogP contribution in [0.2, 0.25) is 5.02 Å². The minimum Gasteiger partial charge on any atom is -0.310 e. The van der Waals surface area contributed by atoms with Crippen molar-refractivity contribution in [2.24, 2.45) is 0 Å². The smallest absolute Gasteiger partial charge is 0.310 e. The zero-order chi connectivity index (χ0) is 11.8. The van der Waals surface area contributed by atoms with Gasteiger partial charge in [0.2, 0.25) is 0 Å². The van der Waals surface area contributed by atoms with E-state index in [1.165, 1.54) is 6.07 Å². The Morgan fingerprint density at radius 3 is 2.56 bits per heavy atom. The van der Waals surface area contributed by atoms with Crippen LogP contribution in [-0.2, 0) is 6.18 Å². The second kappa shape index (κ2) is 4.26. The molecule has 0 saturated carbocycles. The van der Waals surface area contributed by atoms with Gasteiger partial charge in [-0.3, -0.25) is 0 Å². The lowest BCUT2D eigenvalue weighted by atomic mass is 10.0. The maximum absolute atomic E-state index is 12.6. The van der Waals surface area contributed by atoms with Crippen LogP contribution in [0.3, 0.4) is 0 Å². The summed E-state index contributed by atoms with van der Waals surface area (Å²) < 4.78 is 37.7. The Bertz CT molecular complexity index is 383. The molecule has 1 nitrogen and oxygen atoms in total. The Balaban J connectivity index is 2.35. The van der Waals surface area contributed by atoms with Crippen molar-refractivity contribution in [2.75, 3.05) is 6.54 Å². The van der Waals surface area contributed by atoms with Gasteiger partial charge in [-0.1, -0.05) is 11.6 Å². The molecule has 88 valence electrons. The highest BCUT2D eigenvalue weighted by Gasteiger charge is 2.32. The molecule has 1 heterocycles. The summed E-state index contributed by atoms with van der Waals surface area (Å²) >= 11 is 5.71. The summed E-state index contributed by atoms with van der Waals surface area (Å²) in [5.41, 5.74) is -0.0546. The Morgan fingerprint density at radius 2 is 2.00 bits per heavy atom. The predicted molar refractivity (Wildman–Crippen MR) is 56.4 cm³/mol. The molecule has 1 aliphatic heterocycles. The van der Waals surface area contributed by atoms with Crippen molar-refractivity contribution in [1.82, 2.24) is 5.32 Å². The summed E-state index contributed by atoms with van der Waals surface area (Å²) in [6.45, 7) is 0.846. The first-order valence-electron chi connectivity index (χ1n) is 5.08. The second-order valence-electron chi connectivity index (χ2n) is 3.92. The topological polar surface area (TPSA) is 12.0 Å². The molecule has 0 amide bonds. The van der Waals surface area contributed by atoms with Crippen LogP contribution >= 0.6 is 11.6 Å². The lowest BCUT2D eigenvalue weighted by Gasteiger charge is -2.14. The fourth-order valence-electron chi connectivity index (χ4n) is 1.95. The fourth-order valence-corrected chi connectivity index (χ4v) is 2.19. The van der Waals surface area contributed by atoms with Crippen molar-refractivity contribution in [1.29, 1.82) is 0 Å². The molecule has 1 aliphatic rings. The Labute approximate surface area is 96.6 Å². The van der Waals surface area contributed by atoms with E-state index in [1.54, 1.807) is 6.07 Å². The highest BCUT2D eigenvalue weighted by atomic mass is 35.5. The first-order chi connectivity index (χ1) is 7.47. The number of alkyl halides is 3. The average Bonchev–Trinajstić information content (AvgIpc) is 2.68. The average molecular weight is 250 g/mol. The number of halogens is 4. The third-order valence-corrected chi connectivity index (χ3v) is 2.93. The van der Waals surface area contributed by atoms with E-state index in [0.29, 0.717) is 5.56 Å². The van der Waals surface area contributed by atoms with E-state index in [-0.39, 0.29) is 11.1 Å². The van der Waals surface area contributed by atoms with Crippen LogP contribution in [-0.4, -0.2) is 6.54 Å². The van der Waals surface area contributed by atoms with Crippen LogP contribution < -0.4 is 5.32 Å². The standard InChI is InChI=1S/C11H11ClF3N/c12-9-5-7(10-2-1-3-16-10)4-8(6-9)11(13,14)15/h4-6,10,16H,1-3H2/t10-/m0/s1. The second-order valence-corrected chi connectivity index (χ2v) is 4.36. The normalized spacial score (nSPS) is 21.4. The Hall–Kier alpha value is -0.740. The van der Waals surface area contributed by atoms with Crippen LogP contribution in [0.4, 0.5) is 13.2 Å². The number of rotatable bonds is 1. The number of benzene rings is 1. The zero-order valence-corrected chi connectivity index (χ0v) is 9.20. The number of hydrogen-bond donors (Lipinski definition) is 1. The molecule has 0 spiro atoms. The van der Waals surface area contributed by atoms with Crippen molar-refractivity contribution >= 4 is 11.6 Å². The first kappa shape index (κ1) is 11.7. The monoisotopic (exact) mass is 249 g/mol.